The van der Waals surface area contributed by atoms with Crippen LogP contribution in [0.15, 0.2) is 12.1 Å². The number of hydrogen-bond acceptors (Lipinski definition) is 7. The van der Waals surface area contributed by atoms with Crippen molar-refractivity contribution >= 4 is 29.6 Å². The minimum Gasteiger partial charge on any atom is -0.493 e. The lowest BCUT2D eigenvalue weighted by Gasteiger charge is -2.31. The zero-order valence-electron chi connectivity index (χ0n) is 19.6. The molecule has 2 amide bonds. The first-order valence-corrected chi connectivity index (χ1v) is 11.5. The van der Waals surface area contributed by atoms with Crippen molar-refractivity contribution in [3.05, 3.63) is 22.7 Å². The number of nitrogens with zero attached hydrogens (tertiary/aromatic N) is 1. The van der Waals surface area contributed by atoms with Gasteiger partial charge in [0.2, 0.25) is 0 Å². The minimum atomic E-state index is -0.698. The molecule has 0 aromatic heterocycles. The second-order valence-electron chi connectivity index (χ2n) is 8.12. The maximum Gasteiger partial charge on any atom is 0.409 e. The van der Waals surface area contributed by atoms with Crippen LogP contribution in [0.25, 0.3) is 0 Å². The largest absolute Gasteiger partial charge is 0.493 e. The van der Waals surface area contributed by atoms with Crippen molar-refractivity contribution in [1.82, 2.24) is 10.2 Å². The molecule has 1 saturated heterocycles. The van der Waals surface area contributed by atoms with Crippen LogP contribution in [-0.2, 0) is 14.3 Å². The standard InChI is InChI=1S/C23H33ClN2O7/c1-5-31-23(29)26-9-6-17(7-10-26)25-20(27)14-33-22(28)16-12-18(24)21(19(13-16)30-4)32-11-8-15(2)3/h12-13,15,17H,5-11,14H2,1-4H3,(H,25,27). The molecule has 0 bridgehead atoms. The van der Waals surface area contributed by atoms with Gasteiger partial charge in [-0.1, -0.05) is 25.4 Å². The zero-order valence-corrected chi connectivity index (χ0v) is 20.4. The molecule has 1 heterocycles. The number of likely N-dealkylation sites (tertiary alicyclic amines) is 1. The Morgan fingerprint density at radius 3 is 2.48 bits per heavy atom. The molecule has 0 aliphatic carbocycles. The van der Waals surface area contributed by atoms with Crippen LogP contribution in [0.5, 0.6) is 11.5 Å². The van der Waals surface area contributed by atoms with Gasteiger partial charge >= 0.3 is 12.1 Å². The molecule has 184 valence electrons. The molecular formula is C23H33ClN2O7. The molecule has 0 unspecified atom stereocenters. The van der Waals surface area contributed by atoms with E-state index in [1.165, 1.54) is 19.2 Å². The van der Waals surface area contributed by atoms with Gasteiger partial charge in [0.05, 0.1) is 30.9 Å². The lowest BCUT2D eigenvalue weighted by atomic mass is 10.1. The van der Waals surface area contributed by atoms with Crippen LogP contribution in [0, 0.1) is 5.92 Å². The molecule has 1 aliphatic rings. The third-order valence-electron chi connectivity index (χ3n) is 5.13. The molecule has 0 spiro atoms. The summed E-state index contributed by atoms with van der Waals surface area (Å²) in [7, 11) is 1.46. The maximum absolute atomic E-state index is 12.4. The smallest absolute Gasteiger partial charge is 0.409 e. The summed E-state index contributed by atoms with van der Waals surface area (Å²) < 4.78 is 21.1. The highest BCUT2D eigenvalue weighted by molar-refractivity contribution is 6.32. The fourth-order valence-electron chi connectivity index (χ4n) is 3.28. The molecule has 10 heteroatoms. The highest BCUT2D eigenvalue weighted by Crippen LogP contribution is 2.36. The molecule has 1 aromatic carbocycles. The fourth-order valence-corrected chi connectivity index (χ4v) is 3.54. The first kappa shape index (κ1) is 26.6. The van der Waals surface area contributed by atoms with E-state index < -0.39 is 18.5 Å². The lowest BCUT2D eigenvalue weighted by molar-refractivity contribution is -0.125. The molecule has 0 atom stereocenters. The topological polar surface area (TPSA) is 103 Å². The Bertz CT molecular complexity index is 823. The normalized spacial score (nSPS) is 14.1. The van der Waals surface area contributed by atoms with Crippen molar-refractivity contribution in [1.29, 1.82) is 0 Å². The SMILES string of the molecule is CCOC(=O)N1CCC(NC(=O)COC(=O)c2cc(Cl)c(OCCC(C)C)c(OC)c2)CC1. The summed E-state index contributed by atoms with van der Waals surface area (Å²) in [6.07, 6.45) is 1.70. The number of benzene rings is 1. The predicted octanol–water partition coefficient (Wildman–Crippen LogP) is 3.67. The van der Waals surface area contributed by atoms with Crippen molar-refractivity contribution in [2.24, 2.45) is 5.92 Å². The van der Waals surface area contributed by atoms with E-state index in [-0.39, 0.29) is 22.7 Å². The predicted molar refractivity (Wildman–Crippen MR) is 123 cm³/mol. The Labute approximate surface area is 199 Å². The number of nitrogens with one attached hydrogen (secondary N) is 1. The third kappa shape index (κ3) is 8.31. The summed E-state index contributed by atoms with van der Waals surface area (Å²) in [4.78, 5) is 38.0. The van der Waals surface area contributed by atoms with Crippen molar-refractivity contribution in [2.75, 3.05) is 40.0 Å². The van der Waals surface area contributed by atoms with Gasteiger partial charge in [-0.05, 0) is 44.2 Å². The first-order valence-electron chi connectivity index (χ1n) is 11.1. The van der Waals surface area contributed by atoms with Crippen LogP contribution in [0.3, 0.4) is 0 Å². The van der Waals surface area contributed by atoms with E-state index in [9.17, 15) is 14.4 Å². The zero-order chi connectivity index (χ0) is 24.4. The minimum absolute atomic E-state index is 0.0984. The van der Waals surface area contributed by atoms with Crippen molar-refractivity contribution in [2.45, 2.75) is 46.1 Å². The number of ether oxygens (including phenoxy) is 4. The van der Waals surface area contributed by atoms with Gasteiger partial charge in [-0.15, -0.1) is 0 Å². The average molecular weight is 485 g/mol. The number of piperidine rings is 1. The Hall–Kier alpha value is -2.68. The summed E-state index contributed by atoms with van der Waals surface area (Å²) in [5.41, 5.74) is 0.156. The fraction of sp³-hybridized carbons (Fsp3) is 0.609. The number of esters is 1. The van der Waals surface area contributed by atoms with E-state index in [2.05, 4.69) is 19.2 Å². The van der Waals surface area contributed by atoms with E-state index in [4.69, 9.17) is 30.5 Å². The molecule has 1 aromatic rings. The molecular weight excluding hydrogens is 452 g/mol. The second-order valence-corrected chi connectivity index (χ2v) is 8.53. The average Bonchev–Trinajstić information content (AvgIpc) is 2.78. The van der Waals surface area contributed by atoms with Gasteiger partial charge in [-0.2, -0.15) is 0 Å². The van der Waals surface area contributed by atoms with Gasteiger partial charge in [0, 0.05) is 19.1 Å². The molecule has 1 fully saturated rings. The summed E-state index contributed by atoms with van der Waals surface area (Å²) in [5, 5.41) is 3.05. The lowest BCUT2D eigenvalue weighted by Crippen LogP contribution is -2.47. The Balaban J connectivity index is 1.84. The van der Waals surface area contributed by atoms with Gasteiger partial charge in [-0.3, -0.25) is 4.79 Å². The molecule has 2 rings (SSSR count). The summed E-state index contributed by atoms with van der Waals surface area (Å²) in [5.74, 6) is 0.0421. The van der Waals surface area contributed by atoms with Gasteiger partial charge in [0.25, 0.3) is 5.91 Å². The number of amides is 2. The van der Waals surface area contributed by atoms with Gasteiger partial charge in [0.1, 0.15) is 0 Å². The van der Waals surface area contributed by atoms with Crippen LogP contribution < -0.4 is 14.8 Å². The van der Waals surface area contributed by atoms with Crippen LogP contribution >= 0.6 is 11.6 Å². The van der Waals surface area contributed by atoms with E-state index in [1.807, 2.05) is 0 Å². The van der Waals surface area contributed by atoms with Crippen LogP contribution in [0.2, 0.25) is 5.02 Å². The number of carbonyl (C=O) groups excluding carboxylic acids is 3. The number of halogens is 1. The maximum atomic E-state index is 12.4. The van der Waals surface area contributed by atoms with Crippen molar-refractivity contribution in [3.8, 4) is 11.5 Å². The first-order chi connectivity index (χ1) is 15.7. The number of carbonyl (C=O) groups is 3. The van der Waals surface area contributed by atoms with E-state index in [0.717, 1.165) is 6.42 Å². The summed E-state index contributed by atoms with van der Waals surface area (Å²) in [6.45, 7) is 7.28. The Morgan fingerprint density at radius 1 is 1.18 bits per heavy atom. The highest BCUT2D eigenvalue weighted by Gasteiger charge is 2.25. The summed E-state index contributed by atoms with van der Waals surface area (Å²) >= 11 is 6.29. The quantitative estimate of drug-likeness (QED) is 0.505. The summed E-state index contributed by atoms with van der Waals surface area (Å²) in [6, 6.07) is 2.81. The molecule has 0 radical (unpaired) electrons. The second kappa shape index (κ2) is 13.1. The van der Waals surface area contributed by atoms with Gasteiger partial charge < -0.3 is 29.2 Å². The molecule has 33 heavy (non-hydrogen) atoms. The van der Waals surface area contributed by atoms with Crippen molar-refractivity contribution in [3.63, 3.8) is 0 Å². The van der Waals surface area contributed by atoms with Crippen LogP contribution in [-0.4, -0.2) is 68.9 Å². The highest BCUT2D eigenvalue weighted by atomic mass is 35.5. The van der Waals surface area contributed by atoms with Crippen molar-refractivity contribution < 1.29 is 33.3 Å². The van der Waals surface area contributed by atoms with Crippen LogP contribution in [0.1, 0.15) is 50.4 Å². The number of methoxy groups -OCH3 is 1. The van der Waals surface area contributed by atoms with E-state index in [1.54, 1.807) is 11.8 Å². The molecule has 9 nitrogen and oxygen atoms in total. The molecule has 1 N–H and O–H groups in total. The van der Waals surface area contributed by atoms with Gasteiger partial charge in [0.15, 0.2) is 18.1 Å². The molecule has 0 saturated carbocycles. The van der Waals surface area contributed by atoms with Crippen LogP contribution in [0.4, 0.5) is 4.79 Å². The van der Waals surface area contributed by atoms with E-state index in [0.29, 0.717) is 56.6 Å². The monoisotopic (exact) mass is 484 g/mol. The third-order valence-corrected chi connectivity index (χ3v) is 5.41. The number of rotatable bonds is 10. The Kier molecular flexibility index (Phi) is 10.6. The molecule has 1 aliphatic heterocycles. The van der Waals surface area contributed by atoms with E-state index >= 15 is 0 Å². The number of hydrogen-bond donors (Lipinski definition) is 1. The van der Waals surface area contributed by atoms with Gasteiger partial charge in [-0.25, -0.2) is 9.59 Å². The Morgan fingerprint density at radius 2 is 1.88 bits per heavy atom.